The van der Waals surface area contributed by atoms with Crippen molar-refractivity contribution in [3.63, 3.8) is 0 Å². The van der Waals surface area contributed by atoms with Gasteiger partial charge in [0.05, 0.1) is 7.11 Å². The maximum atomic E-state index is 12.7. The molecule has 6 nitrogen and oxygen atoms in total. The first kappa shape index (κ1) is 18.4. The molecule has 0 saturated heterocycles. The minimum atomic E-state index is -0.282. The molecule has 4 rings (SSSR count). The Labute approximate surface area is 168 Å². The number of hydrogen-bond donors (Lipinski definition) is 1. The first-order valence-corrected chi connectivity index (χ1v) is 9.05. The van der Waals surface area contributed by atoms with Gasteiger partial charge in [0, 0.05) is 23.0 Å². The van der Waals surface area contributed by atoms with E-state index in [2.05, 4.69) is 22.1 Å². The van der Waals surface area contributed by atoms with E-state index in [1.54, 1.807) is 24.4 Å². The Kier molecular flexibility index (Phi) is 5.30. The molecule has 0 saturated carbocycles. The smallest absolute Gasteiger partial charge is 0.255 e. The van der Waals surface area contributed by atoms with Crippen LogP contribution in [-0.2, 0) is 0 Å². The highest BCUT2D eigenvalue weighted by Gasteiger charge is 2.21. The van der Waals surface area contributed by atoms with E-state index in [0.717, 1.165) is 5.56 Å². The number of nitrogens with zero attached hydrogens (tertiary/aromatic N) is 1. The number of methoxy groups -OCH3 is 1. The lowest BCUT2D eigenvalue weighted by molar-refractivity contribution is 0.102. The number of aromatic nitrogens is 1. The Morgan fingerprint density at radius 2 is 1.97 bits per heavy atom. The van der Waals surface area contributed by atoms with Gasteiger partial charge in [-0.3, -0.25) is 4.79 Å². The number of anilines is 1. The highest BCUT2D eigenvalue weighted by atomic mass is 16.6. The summed E-state index contributed by atoms with van der Waals surface area (Å²) in [5, 5.41) is 2.88. The van der Waals surface area contributed by atoms with Crippen LogP contribution in [0.5, 0.6) is 17.2 Å². The van der Waals surface area contributed by atoms with Gasteiger partial charge in [0.2, 0.25) is 5.75 Å². The van der Waals surface area contributed by atoms with Crippen molar-refractivity contribution in [1.82, 2.24) is 4.98 Å². The average Bonchev–Trinajstić information content (AvgIpc) is 2.78. The number of fused-ring (bicyclic) bond motifs is 1. The normalized spacial score (nSPS) is 11.8. The molecule has 1 aromatic heterocycles. The molecule has 0 spiro atoms. The van der Waals surface area contributed by atoms with E-state index in [1.807, 2.05) is 36.4 Å². The van der Waals surface area contributed by atoms with Gasteiger partial charge in [0.15, 0.2) is 11.5 Å². The molecule has 1 aliphatic heterocycles. The molecule has 0 unspecified atom stereocenters. The van der Waals surface area contributed by atoms with Crippen molar-refractivity contribution in [1.29, 1.82) is 0 Å². The summed E-state index contributed by atoms with van der Waals surface area (Å²) in [4.78, 5) is 16.9. The summed E-state index contributed by atoms with van der Waals surface area (Å²) in [7, 11) is 1.53. The summed E-state index contributed by atoms with van der Waals surface area (Å²) in [6, 6.07) is 16.2. The zero-order chi connectivity index (χ0) is 20.1. The Morgan fingerprint density at radius 1 is 1.07 bits per heavy atom. The van der Waals surface area contributed by atoms with Gasteiger partial charge in [0.25, 0.3) is 5.91 Å². The van der Waals surface area contributed by atoms with Crippen LogP contribution in [0.4, 0.5) is 5.69 Å². The van der Waals surface area contributed by atoms with E-state index in [-0.39, 0.29) is 5.91 Å². The number of hydrogen-bond acceptors (Lipinski definition) is 5. The highest BCUT2D eigenvalue weighted by molar-refractivity contribution is 6.05. The molecular formula is C23H18N2O4. The summed E-state index contributed by atoms with van der Waals surface area (Å²) in [6.07, 6.45) is 1.70. The number of pyridine rings is 1. The van der Waals surface area contributed by atoms with Gasteiger partial charge >= 0.3 is 0 Å². The number of rotatable bonds is 3. The van der Waals surface area contributed by atoms with Crippen LogP contribution in [0.3, 0.4) is 0 Å². The van der Waals surface area contributed by atoms with Crippen LogP contribution in [0.1, 0.15) is 21.6 Å². The second-order valence-corrected chi connectivity index (χ2v) is 6.20. The van der Waals surface area contributed by atoms with Crippen LogP contribution >= 0.6 is 0 Å². The molecule has 29 heavy (non-hydrogen) atoms. The third-order valence-corrected chi connectivity index (χ3v) is 4.21. The van der Waals surface area contributed by atoms with Gasteiger partial charge in [-0.05, 0) is 48.4 Å². The summed E-state index contributed by atoms with van der Waals surface area (Å²) in [6.45, 7) is 0.874. The first-order valence-electron chi connectivity index (χ1n) is 9.05. The van der Waals surface area contributed by atoms with Crippen LogP contribution in [0.2, 0.25) is 0 Å². The molecular weight excluding hydrogens is 368 g/mol. The van der Waals surface area contributed by atoms with Crippen molar-refractivity contribution in [3.05, 3.63) is 77.6 Å². The lowest BCUT2D eigenvalue weighted by Gasteiger charge is -2.21. The van der Waals surface area contributed by atoms with Gasteiger partial charge in [-0.2, -0.15) is 0 Å². The Bertz CT molecular complexity index is 1080. The molecule has 1 N–H and O–H groups in total. The zero-order valence-electron chi connectivity index (χ0n) is 15.8. The van der Waals surface area contributed by atoms with Crippen LogP contribution in [-0.4, -0.2) is 31.2 Å². The van der Waals surface area contributed by atoms with Crippen LogP contribution < -0.4 is 19.5 Å². The number of amides is 1. The molecule has 0 atom stereocenters. The first-order chi connectivity index (χ1) is 14.2. The molecule has 144 valence electrons. The largest absolute Gasteiger partial charge is 0.493 e. The number of carbonyl (C=O) groups excluding carboxylic acids is 1. The maximum absolute atomic E-state index is 12.7. The Balaban J connectivity index is 1.54. The fourth-order valence-corrected chi connectivity index (χ4v) is 2.86. The molecule has 2 heterocycles. The van der Waals surface area contributed by atoms with Crippen molar-refractivity contribution in [2.75, 3.05) is 25.6 Å². The Morgan fingerprint density at radius 3 is 2.79 bits per heavy atom. The molecule has 0 aliphatic carbocycles. The number of nitrogens with one attached hydrogen (secondary N) is 1. The van der Waals surface area contributed by atoms with Crippen molar-refractivity contribution >= 4 is 11.6 Å². The fraction of sp³-hybridized carbons (Fsp3) is 0.130. The van der Waals surface area contributed by atoms with E-state index in [0.29, 0.717) is 47.4 Å². The molecule has 6 heteroatoms. The average molecular weight is 386 g/mol. The van der Waals surface area contributed by atoms with E-state index < -0.39 is 0 Å². The second-order valence-electron chi connectivity index (χ2n) is 6.20. The van der Waals surface area contributed by atoms with Crippen LogP contribution in [0.15, 0.2) is 60.8 Å². The molecule has 1 amide bonds. The quantitative estimate of drug-likeness (QED) is 0.698. The van der Waals surface area contributed by atoms with E-state index in [9.17, 15) is 4.79 Å². The van der Waals surface area contributed by atoms with Crippen molar-refractivity contribution in [2.24, 2.45) is 0 Å². The van der Waals surface area contributed by atoms with Crippen molar-refractivity contribution in [2.45, 2.75) is 0 Å². The lowest BCUT2D eigenvalue weighted by Crippen LogP contribution is -2.18. The minimum Gasteiger partial charge on any atom is -0.493 e. The van der Waals surface area contributed by atoms with Crippen LogP contribution in [0, 0.1) is 11.8 Å². The number of ether oxygens (including phenoxy) is 3. The number of benzene rings is 2. The summed E-state index contributed by atoms with van der Waals surface area (Å²) in [5.74, 6) is 7.24. The predicted octanol–water partition coefficient (Wildman–Crippen LogP) is 3.51. The van der Waals surface area contributed by atoms with E-state index in [4.69, 9.17) is 14.2 Å². The molecule has 0 bridgehead atoms. The summed E-state index contributed by atoms with van der Waals surface area (Å²) in [5.41, 5.74) is 2.51. The van der Waals surface area contributed by atoms with E-state index >= 15 is 0 Å². The predicted molar refractivity (Wildman–Crippen MR) is 109 cm³/mol. The third kappa shape index (κ3) is 4.30. The molecule has 2 aromatic carbocycles. The Hall–Kier alpha value is -3.98. The SMILES string of the molecule is COc1cc(C(=O)Nc2cccc(C#Cc3ccccn3)c2)cc2c1OCCO2. The summed E-state index contributed by atoms with van der Waals surface area (Å²) >= 11 is 0. The minimum absolute atomic E-state index is 0.282. The van der Waals surface area contributed by atoms with Gasteiger partial charge in [-0.1, -0.05) is 18.1 Å². The molecule has 1 aliphatic rings. The molecule has 3 aromatic rings. The van der Waals surface area contributed by atoms with Crippen LogP contribution in [0.25, 0.3) is 0 Å². The summed E-state index contributed by atoms with van der Waals surface area (Å²) < 4.78 is 16.5. The van der Waals surface area contributed by atoms with Gasteiger partial charge in [-0.15, -0.1) is 0 Å². The monoisotopic (exact) mass is 386 g/mol. The lowest BCUT2D eigenvalue weighted by atomic mass is 10.1. The van der Waals surface area contributed by atoms with Gasteiger partial charge < -0.3 is 19.5 Å². The second kappa shape index (κ2) is 8.36. The van der Waals surface area contributed by atoms with Crippen molar-refractivity contribution < 1.29 is 19.0 Å². The fourth-order valence-electron chi connectivity index (χ4n) is 2.86. The molecule has 0 fully saturated rings. The third-order valence-electron chi connectivity index (χ3n) is 4.21. The zero-order valence-corrected chi connectivity index (χ0v) is 15.8. The molecule has 0 radical (unpaired) electrons. The topological polar surface area (TPSA) is 69.7 Å². The maximum Gasteiger partial charge on any atom is 0.255 e. The standard InChI is InChI=1S/C23H18N2O4/c1-27-20-14-17(15-21-22(20)29-12-11-28-21)23(26)25-19-7-4-5-16(13-19)8-9-18-6-2-3-10-24-18/h2-7,10,13-15H,11-12H2,1H3,(H,25,26). The highest BCUT2D eigenvalue weighted by Crippen LogP contribution is 2.40. The van der Waals surface area contributed by atoms with E-state index in [1.165, 1.54) is 7.11 Å². The van der Waals surface area contributed by atoms with Gasteiger partial charge in [-0.25, -0.2) is 4.98 Å². The van der Waals surface area contributed by atoms with Crippen molar-refractivity contribution in [3.8, 4) is 29.1 Å². The number of carbonyl (C=O) groups is 1. The van der Waals surface area contributed by atoms with Gasteiger partial charge in [0.1, 0.15) is 18.9 Å².